The summed E-state index contributed by atoms with van der Waals surface area (Å²) >= 11 is 16.2. The summed E-state index contributed by atoms with van der Waals surface area (Å²) in [7, 11) is 0. The van der Waals surface area contributed by atoms with Crippen molar-refractivity contribution in [1.29, 1.82) is 0 Å². The summed E-state index contributed by atoms with van der Waals surface area (Å²) in [5.74, 6) is 0.599. The first-order valence-corrected chi connectivity index (χ1v) is 5.31. The minimum Gasteiger partial charge on any atom is -0.465 e. The zero-order valence-corrected chi connectivity index (χ0v) is 10.2. The second-order valence-electron chi connectivity index (χ2n) is 2.68. The monoisotopic (exact) mass is 283 g/mol. The maximum Gasteiger partial charge on any atom is 0.411 e. The Kier molecular flexibility index (Phi) is 4.99. The fourth-order valence-electron chi connectivity index (χ4n) is 0.767. The van der Waals surface area contributed by atoms with E-state index in [0.29, 0.717) is 5.76 Å². The van der Waals surface area contributed by atoms with Crippen molar-refractivity contribution in [2.75, 3.05) is 6.61 Å². The molecule has 1 rings (SSSR count). The number of alkyl halides is 3. The lowest BCUT2D eigenvalue weighted by Crippen LogP contribution is -2.24. The third-order valence-corrected chi connectivity index (χ3v) is 1.69. The molecule has 1 amide bonds. The van der Waals surface area contributed by atoms with Gasteiger partial charge in [0, 0.05) is 6.20 Å². The number of ether oxygens (including phenoxy) is 1. The average molecular weight is 285 g/mol. The highest BCUT2D eigenvalue weighted by Gasteiger charge is 2.21. The molecule has 0 aromatic carbocycles. The highest BCUT2D eigenvalue weighted by atomic mass is 35.6. The van der Waals surface area contributed by atoms with Crippen LogP contribution in [0.4, 0.5) is 4.79 Å². The SMILES string of the molecule is O=C(NC=Cc1ccco1)OCC(Cl)(Cl)Cl. The number of carbonyl (C=O) groups is 1. The number of alkyl carbamates (subject to hydrolysis) is 1. The van der Waals surface area contributed by atoms with Crippen LogP contribution in [0.25, 0.3) is 6.08 Å². The van der Waals surface area contributed by atoms with Gasteiger partial charge in [0.05, 0.1) is 6.26 Å². The van der Waals surface area contributed by atoms with Crippen LogP contribution in [0.2, 0.25) is 0 Å². The van der Waals surface area contributed by atoms with E-state index in [1.54, 1.807) is 18.2 Å². The molecule has 0 aliphatic carbocycles. The molecule has 4 nitrogen and oxygen atoms in total. The van der Waals surface area contributed by atoms with Gasteiger partial charge >= 0.3 is 6.09 Å². The molecule has 1 aromatic rings. The van der Waals surface area contributed by atoms with E-state index in [4.69, 9.17) is 39.2 Å². The standard InChI is InChI=1S/C9H8Cl3NO3/c10-9(11,12)6-16-8(14)13-4-3-7-2-1-5-15-7/h1-5H,6H2,(H,13,14). The molecule has 1 aromatic heterocycles. The first-order valence-electron chi connectivity index (χ1n) is 4.17. The van der Waals surface area contributed by atoms with Crippen molar-refractivity contribution in [3.05, 3.63) is 30.4 Å². The van der Waals surface area contributed by atoms with E-state index in [-0.39, 0.29) is 6.61 Å². The maximum atomic E-state index is 11.0. The second kappa shape index (κ2) is 6.03. The number of nitrogens with one attached hydrogen (secondary N) is 1. The number of furan rings is 1. The van der Waals surface area contributed by atoms with Crippen molar-refractivity contribution in [3.8, 4) is 0 Å². The summed E-state index contributed by atoms with van der Waals surface area (Å²) in [6.07, 6.45) is 3.71. The number of carbonyl (C=O) groups excluding carboxylic acids is 1. The van der Waals surface area contributed by atoms with Crippen LogP contribution in [0.3, 0.4) is 0 Å². The molecule has 0 spiro atoms. The third-order valence-electron chi connectivity index (χ3n) is 1.36. The van der Waals surface area contributed by atoms with E-state index in [2.05, 4.69) is 10.1 Å². The van der Waals surface area contributed by atoms with Crippen LogP contribution in [0, 0.1) is 0 Å². The average Bonchev–Trinajstić information content (AvgIpc) is 2.66. The molecule has 0 saturated heterocycles. The summed E-state index contributed by atoms with van der Waals surface area (Å²) in [5.41, 5.74) is 0. The Morgan fingerprint density at radius 2 is 2.31 bits per heavy atom. The quantitative estimate of drug-likeness (QED) is 0.866. The Labute approximate surface area is 107 Å². The van der Waals surface area contributed by atoms with E-state index >= 15 is 0 Å². The molecule has 0 bridgehead atoms. The van der Waals surface area contributed by atoms with Gasteiger partial charge in [-0.2, -0.15) is 0 Å². The zero-order valence-electron chi connectivity index (χ0n) is 7.95. The molecule has 88 valence electrons. The molecule has 0 aliphatic rings. The third kappa shape index (κ3) is 5.90. The number of rotatable bonds is 3. The van der Waals surface area contributed by atoms with Crippen LogP contribution in [0.1, 0.15) is 5.76 Å². The van der Waals surface area contributed by atoms with E-state index in [1.165, 1.54) is 12.5 Å². The molecule has 1 heterocycles. The van der Waals surface area contributed by atoms with Crippen LogP contribution in [0.5, 0.6) is 0 Å². The predicted octanol–water partition coefficient (Wildman–Crippen LogP) is 3.35. The van der Waals surface area contributed by atoms with Gasteiger partial charge in [-0.15, -0.1) is 0 Å². The fraction of sp³-hybridized carbons (Fsp3) is 0.222. The van der Waals surface area contributed by atoms with Crippen molar-refractivity contribution < 1.29 is 13.9 Å². The minimum absolute atomic E-state index is 0.321. The molecule has 0 unspecified atom stereocenters. The lowest BCUT2D eigenvalue weighted by Gasteiger charge is -2.10. The van der Waals surface area contributed by atoms with E-state index in [1.807, 2.05) is 0 Å². The van der Waals surface area contributed by atoms with E-state index in [0.717, 1.165) is 0 Å². The Balaban J connectivity index is 2.25. The first-order chi connectivity index (χ1) is 7.47. The molecule has 0 aliphatic heterocycles. The largest absolute Gasteiger partial charge is 0.465 e. The van der Waals surface area contributed by atoms with Crippen molar-refractivity contribution in [2.24, 2.45) is 0 Å². The minimum atomic E-state index is -1.61. The second-order valence-corrected chi connectivity index (χ2v) is 5.20. The van der Waals surface area contributed by atoms with E-state index in [9.17, 15) is 4.79 Å². The normalized spacial score (nSPS) is 11.7. The zero-order chi connectivity index (χ0) is 12.0. The van der Waals surface area contributed by atoms with Gasteiger partial charge in [-0.3, -0.25) is 5.32 Å². The Morgan fingerprint density at radius 1 is 1.56 bits per heavy atom. The summed E-state index contributed by atoms with van der Waals surface area (Å²) < 4.78 is 7.98. The first kappa shape index (κ1) is 13.2. The predicted molar refractivity (Wildman–Crippen MR) is 62.5 cm³/mol. The summed E-state index contributed by atoms with van der Waals surface area (Å²) in [6.45, 7) is -0.321. The Bertz CT molecular complexity index is 357. The van der Waals surface area contributed by atoms with Gasteiger partial charge in [-0.05, 0) is 18.2 Å². The smallest absolute Gasteiger partial charge is 0.411 e. The van der Waals surface area contributed by atoms with Crippen molar-refractivity contribution in [3.63, 3.8) is 0 Å². The molecule has 0 atom stereocenters. The number of hydrogen-bond donors (Lipinski definition) is 1. The Morgan fingerprint density at radius 3 is 2.88 bits per heavy atom. The maximum absolute atomic E-state index is 11.0. The van der Waals surface area contributed by atoms with Crippen LogP contribution in [-0.2, 0) is 4.74 Å². The molecule has 16 heavy (non-hydrogen) atoms. The van der Waals surface area contributed by atoms with Crippen molar-refractivity contribution in [2.45, 2.75) is 3.79 Å². The van der Waals surface area contributed by atoms with Gasteiger partial charge in [-0.25, -0.2) is 4.79 Å². The van der Waals surface area contributed by atoms with Crippen LogP contribution >= 0.6 is 34.8 Å². The molecule has 7 heteroatoms. The lowest BCUT2D eigenvalue weighted by atomic mass is 10.4. The number of amides is 1. The lowest BCUT2D eigenvalue weighted by molar-refractivity contribution is 0.152. The fourth-order valence-corrected chi connectivity index (χ4v) is 0.931. The number of hydrogen-bond acceptors (Lipinski definition) is 3. The van der Waals surface area contributed by atoms with Gasteiger partial charge in [0.2, 0.25) is 3.79 Å². The van der Waals surface area contributed by atoms with E-state index < -0.39 is 9.89 Å². The molecular formula is C9H8Cl3NO3. The van der Waals surface area contributed by atoms with Crippen molar-refractivity contribution in [1.82, 2.24) is 5.32 Å². The molecular weight excluding hydrogens is 276 g/mol. The molecule has 0 saturated carbocycles. The van der Waals surface area contributed by atoms with Gasteiger partial charge in [0.1, 0.15) is 12.4 Å². The summed E-state index contributed by atoms with van der Waals surface area (Å²) in [4.78, 5) is 11.0. The van der Waals surface area contributed by atoms with Gasteiger partial charge in [0.15, 0.2) is 0 Å². The van der Waals surface area contributed by atoms with Crippen LogP contribution in [-0.4, -0.2) is 16.5 Å². The summed E-state index contributed by atoms with van der Waals surface area (Å²) in [5, 5.41) is 2.32. The Hall–Kier alpha value is -0.840. The highest BCUT2D eigenvalue weighted by molar-refractivity contribution is 6.67. The van der Waals surface area contributed by atoms with Crippen LogP contribution < -0.4 is 5.32 Å². The summed E-state index contributed by atoms with van der Waals surface area (Å²) in [6, 6.07) is 3.45. The highest BCUT2D eigenvalue weighted by Crippen LogP contribution is 2.25. The van der Waals surface area contributed by atoms with Gasteiger partial charge < -0.3 is 9.15 Å². The van der Waals surface area contributed by atoms with Gasteiger partial charge in [-0.1, -0.05) is 34.8 Å². The van der Waals surface area contributed by atoms with Gasteiger partial charge in [0.25, 0.3) is 0 Å². The van der Waals surface area contributed by atoms with Crippen molar-refractivity contribution >= 4 is 47.0 Å². The molecule has 0 radical (unpaired) electrons. The number of halogens is 3. The molecule has 1 N–H and O–H groups in total. The van der Waals surface area contributed by atoms with Crippen LogP contribution in [0.15, 0.2) is 29.0 Å². The topological polar surface area (TPSA) is 51.5 Å². The molecule has 0 fully saturated rings.